The third kappa shape index (κ3) is 6.37. The minimum atomic E-state index is -0.452. The minimum absolute atomic E-state index is 0.133. The molecule has 1 atom stereocenters. The second-order valence-corrected chi connectivity index (χ2v) is 6.40. The van der Waals surface area contributed by atoms with Gasteiger partial charge in [0.15, 0.2) is 0 Å². The Morgan fingerprint density at radius 1 is 1.20 bits per heavy atom. The maximum atomic E-state index is 12.1. The summed E-state index contributed by atoms with van der Waals surface area (Å²) in [6, 6.07) is -0.240. The average molecular weight is 284 g/mol. The van der Waals surface area contributed by atoms with E-state index >= 15 is 0 Å². The average Bonchev–Trinajstić information content (AvgIpc) is 2.36. The molecule has 1 aliphatic rings. The van der Waals surface area contributed by atoms with Gasteiger partial charge in [-0.2, -0.15) is 0 Å². The van der Waals surface area contributed by atoms with E-state index < -0.39 is 5.60 Å². The van der Waals surface area contributed by atoms with Crippen molar-refractivity contribution in [3.05, 3.63) is 0 Å². The van der Waals surface area contributed by atoms with Gasteiger partial charge < -0.3 is 15.0 Å². The fourth-order valence-electron chi connectivity index (χ4n) is 2.26. The van der Waals surface area contributed by atoms with Gasteiger partial charge in [-0.1, -0.05) is 0 Å². The Kier molecular flexibility index (Phi) is 6.46. The van der Waals surface area contributed by atoms with Crippen LogP contribution < -0.4 is 5.32 Å². The number of likely N-dealkylation sites (tertiary alicyclic amines) is 1. The van der Waals surface area contributed by atoms with Gasteiger partial charge in [-0.15, -0.1) is 0 Å². The van der Waals surface area contributed by atoms with E-state index in [-0.39, 0.29) is 24.3 Å². The third-order valence-electron chi connectivity index (χ3n) is 3.24. The Morgan fingerprint density at radius 2 is 1.80 bits per heavy atom. The van der Waals surface area contributed by atoms with Crippen LogP contribution in [0, 0.1) is 0 Å². The van der Waals surface area contributed by atoms with E-state index in [0.717, 1.165) is 25.9 Å². The normalized spacial score (nSPS) is 17.7. The lowest BCUT2D eigenvalue weighted by atomic mass is 10.1. The van der Waals surface area contributed by atoms with Crippen molar-refractivity contribution in [3.8, 4) is 0 Å². The predicted octanol–water partition coefficient (Wildman–Crippen LogP) is 1.71. The van der Waals surface area contributed by atoms with E-state index in [1.807, 2.05) is 32.6 Å². The molecule has 1 saturated heterocycles. The Bertz CT molecular complexity index is 331. The first-order valence-electron chi connectivity index (χ1n) is 7.53. The largest absolute Gasteiger partial charge is 0.460 e. The van der Waals surface area contributed by atoms with Gasteiger partial charge in [0.1, 0.15) is 5.60 Å². The molecule has 5 nitrogen and oxygen atoms in total. The molecule has 116 valence electrons. The highest BCUT2D eigenvalue weighted by Crippen LogP contribution is 2.10. The van der Waals surface area contributed by atoms with E-state index in [1.54, 1.807) is 0 Å². The van der Waals surface area contributed by atoms with Crippen LogP contribution in [-0.4, -0.2) is 48.1 Å². The predicted molar refractivity (Wildman–Crippen MR) is 78.4 cm³/mol. The first kappa shape index (κ1) is 17.0. The Hall–Kier alpha value is -1.10. The van der Waals surface area contributed by atoms with Gasteiger partial charge in [0, 0.05) is 19.6 Å². The van der Waals surface area contributed by atoms with Crippen LogP contribution in [0.3, 0.4) is 0 Å². The fourth-order valence-corrected chi connectivity index (χ4v) is 2.26. The van der Waals surface area contributed by atoms with Crippen molar-refractivity contribution in [2.24, 2.45) is 0 Å². The van der Waals surface area contributed by atoms with Gasteiger partial charge in [0.2, 0.25) is 5.91 Å². The van der Waals surface area contributed by atoms with Crippen LogP contribution in [0.15, 0.2) is 0 Å². The molecular weight excluding hydrogens is 256 g/mol. The van der Waals surface area contributed by atoms with Crippen LogP contribution >= 0.6 is 0 Å². The molecule has 1 unspecified atom stereocenters. The molecule has 0 aromatic rings. The highest BCUT2D eigenvalue weighted by Gasteiger charge is 2.22. The number of rotatable bonds is 5. The molecule has 1 heterocycles. The smallest absolute Gasteiger partial charge is 0.307 e. The molecule has 0 aromatic carbocycles. The summed E-state index contributed by atoms with van der Waals surface area (Å²) in [6.45, 7) is 9.58. The molecule has 1 fully saturated rings. The summed E-state index contributed by atoms with van der Waals surface area (Å²) in [7, 11) is 0. The third-order valence-corrected chi connectivity index (χ3v) is 3.24. The van der Waals surface area contributed by atoms with Gasteiger partial charge in [0.05, 0.1) is 12.5 Å². The van der Waals surface area contributed by atoms with E-state index in [4.69, 9.17) is 4.74 Å². The molecule has 20 heavy (non-hydrogen) atoms. The van der Waals surface area contributed by atoms with E-state index in [1.165, 1.54) is 6.42 Å². The van der Waals surface area contributed by atoms with Crippen LogP contribution in [0.1, 0.15) is 53.4 Å². The van der Waals surface area contributed by atoms with Crippen molar-refractivity contribution in [2.75, 3.05) is 19.6 Å². The van der Waals surface area contributed by atoms with Crippen LogP contribution in [0.25, 0.3) is 0 Å². The summed E-state index contributed by atoms with van der Waals surface area (Å²) in [5.41, 5.74) is -0.452. The zero-order valence-electron chi connectivity index (χ0n) is 13.2. The topological polar surface area (TPSA) is 58.6 Å². The van der Waals surface area contributed by atoms with Crippen LogP contribution in [0.2, 0.25) is 0 Å². The van der Waals surface area contributed by atoms with Gasteiger partial charge >= 0.3 is 5.97 Å². The molecule has 0 spiro atoms. The first-order valence-corrected chi connectivity index (χ1v) is 7.53. The number of esters is 1. The molecule has 1 rings (SSSR count). The maximum absolute atomic E-state index is 12.1. The van der Waals surface area contributed by atoms with Gasteiger partial charge in [-0.25, -0.2) is 0 Å². The SMILES string of the molecule is CC(NCCC(=O)OC(C)(C)C)C(=O)N1CCCCC1. The Morgan fingerprint density at radius 3 is 2.35 bits per heavy atom. The van der Waals surface area contributed by atoms with Crippen molar-refractivity contribution in [3.63, 3.8) is 0 Å². The van der Waals surface area contributed by atoms with E-state index in [0.29, 0.717) is 6.54 Å². The van der Waals surface area contributed by atoms with Crippen molar-refractivity contribution in [1.29, 1.82) is 0 Å². The standard InChI is InChI=1S/C15H28N2O3/c1-12(14(19)17-10-6-5-7-11-17)16-9-8-13(18)20-15(2,3)4/h12,16H,5-11H2,1-4H3. The second-order valence-electron chi connectivity index (χ2n) is 6.40. The Balaban J connectivity index is 2.23. The van der Waals surface area contributed by atoms with Crippen molar-refractivity contribution >= 4 is 11.9 Å². The zero-order chi connectivity index (χ0) is 15.2. The lowest BCUT2D eigenvalue weighted by Gasteiger charge is -2.29. The number of nitrogens with zero attached hydrogens (tertiary/aromatic N) is 1. The first-order chi connectivity index (χ1) is 9.29. The number of hydrogen-bond acceptors (Lipinski definition) is 4. The molecule has 1 amide bonds. The quantitative estimate of drug-likeness (QED) is 0.781. The van der Waals surface area contributed by atoms with Crippen molar-refractivity contribution < 1.29 is 14.3 Å². The zero-order valence-corrected chi connectivity index (χ0v) is 13.2. The lowest BCUT2D eigenvalue weighted by molar-refractivity contribution is -0.154. The minimum Gasteiger partial charge on any atom is -0.460 e. The van der Waals surface area contributed by atoms with Gasteiger partial charge in [-0.05, 0) is 47.0 Å². The highest BCUT2D eigenvalue weighted by molar-refractivity contribution is 5.81. The molecule has 0 aromatic heterocycles. The number of carbonyl (C=O) groups excluding carboxylic acids is 2. The summed E-state index contributed by atoms with van der Waals surface area (Å²) in [4.78, 5) is 25.6. The summed E-state index contributed by atoms with van der Waals surface area (Å²) in [5, 5.41) is 3.10. The van der Waals surface area contributed by atoms with Crippen LogP contribution in [-0.2, 0) is 14.3 Å². The lowest BCUT2D eigenvalue weighted by Crippen LogP contribution is -2.47. The van der Waals surface area contributed by atoms with E-state index in [2.05, 4.69) is 5.32 Å². The van der Waals surface area contributed by atoms with Gasteiger partial charge in [-0.3, -0.25) is 9.59 Å². The van der Waals surface area contributed by atoms with E-state index in [9.17, 15) is 9.59 Å². The number of hydrogen-bond donors (Lipinski definition) is 1. The van der Waals surface area contributed by atoms with Crippen LogP contribution in [0.4, 0.5) is 0 Å². The summed E-state index contributed by atoms with van der Waals surface area (Å²) >= 11 is 0. The fraction of sp³-hybridized carbons (Fsp3) is 0.867. The Labute approximate surface area is 122 Å². The molecule has 0 aliphatic carbocycles. The molecular formula is C15H28N2O3. The number of amides is 1. The number of piperidine rings is 1. The van der Waals surface area contributed by atoms with Crippen molar-refractivity contribution in [1.82, 2.24) is 10.2 Å². The molecule has 0 saturated carbocycles. The molecule has 0 bridgehead atoms. The monoisotopic (exact) mass is 284 g/mol. The molecule has 1 N–H and O–H groups in total. The summed E-state index contributed by atoms with van der Waals surface area (Å²) < 4.78 is 5.22. The van der Waals surface area contributed by atoms with Crippen molar-refractivity contribution in [2.45, 2.75) is 65.0 Å². The summed E-state index contributed by atoms with van der Waals surface area (Å²) in [6.07, 6.45) is 3.69. The van der Waals surface area contributed by atoms with Gasteiger partial charge in [0.25, 0.3) is 0 Å². The highest BCUT2D eigenvalue weighted by atomic mass is 16.6. The summed E-state index contributed by atoms with van der Waals surface area (Å²) in [5.74, 6) is -0.100. The number of nitrogens with one attached hydrogen (secondary N) is 1. The number of carbonyl (C=O) groups is 2. The molecule has 0 radical (unpaired) electrons. The van der Waals surface area contributed by atoms with Crippen LogP contribution in [0.5, 0.6) is 0 Å². The number of ether oxygens (including phenoxy) is 1. The second kappa shape index (κ2) is 7.62. The molecule has 1 aliphatic heterocycles. The molecule has 5 heteroatoms. The maximum Gasteiger partial charge on any atom is 0.307 e.